The van der Waals surface area contributed by atoms with Crippen molar-refractivity contribution in [3.05, 3.63) is 48.6 Å². The van der Waals surface area contributed by atoms with Crippen molar-refractivity contribution < 1.29 is 52.2 Å². The Morgan fingerprint density at radius 3 is 1.05 bits per heavy atom. The lowest BCUT2D eigenvalue weighted by molar-refractivity contribution is -0.161. The maximum absolute atomic E-state index is 12.9. The first kappa shape index (κ1) is 73.4. The topological polar surface area (TPSA) is 155 Å². The van der Waals surface area contributed by atoms with Gasteiger partial charge in [0.2, 0.25) is 0 Å². The molecule has 11 nitrogen and oxygen atoms in total. The molecule has 76 heavy (non-hydrogen) atoms. The third-order valence-electron chi connectivity index (χ3n) is 13.8. The van der Waals surface area contributed by atoms with E-state index in [9.17, 15) is 28.9 Å². The number of carbonyl (C=O) groups excluding carboxylic acids is 3. The first-order valence-corrected chi connectivity index (χ1v) is 33.0. The van der Waals surface area contributed by atoms with E-state index in [2.05, 4.69) is 69.4 Å². The van der Waals surface area contributed by atoms with E-state index in [0.717, 1.165) is 89.9 Å². The van der Waals surface area contributed by atoms with Crippen LogP contribution in [0.3, 0.4) is 0 Å². The van der Waals surface area contributed by atoms with Gasteiger partial charge >= 0.3 is 25.7 Å². The molecule has 0 aliphatic carbocycles. The molecule has 0 fully saturated rings. The highest BCUT2D eigenvalue weighted by atomic mass is 31.2. The smallest absolute Gasteiger partial charge is 0.462 e. The Labute approximate surface area is 466 Å². The Morgan fingerprint density at radius 1 is 0.382 bits per heavy atom. The number of rotatable bonds is 59. The largest absolute Gasteiger partial charge is 0.472 e. The lowest BCUT2D eigenvalue weighted by Crippen LogP contribution is -2.30. The molecular weight excluding hydrogens is 976 g/mol. The predicted molar refractivity (Wildman–Crippen MR) is 316 cm³/mol. The number of unbranched alkanes of at least 4 members (excludes halogenated alkanes) is 34. The summed E-state index contributed by atoms with van der Waals surface area (Å²) in [6, 6.07) is 0. The highest BCUT2D eigenvalue weighted by molar-refractivity contribution is 7.47. The van der Waals surface area contributed by atoms with Gasteiger partial charge in [0.25, 0.3) is 0 Å². The fourth-order valence-corrected chi connectivity index (χ4v) is 9.78. The number of phosphoric acid groups is 1. The quantitative estimate of drug-likeness (QED) is 0.0197. The minimum absolute atomic E-state index is 0.143. The molecule has 0 amide bonds. The number of ether oxygens (including phenoxy) is 3. The number of aliphatic hydroxyl groups excluding tert-OH is 1. The molecule has 3 atom stereocenters. The first-order chi connectivity index (χ1) is 37.2. The molecule has 0 aromatic rings. The molecule has 0 rings (SSSR count). The molecular formula is C64H117O11P. The second-order valence-corrected chi connectivity index (χ2v) is 22.7. The molecule has 0 aliphatic rings. The highest BCUT2D eigenvalue weighted by Gasteiger charge is 2.28. The van der Waals surface area contributed by atoms with Crippen molar-refractivity contribution in [3.8, 4) is 0 Å². The van der Waals surface area contributed by atoms with Gasteiger partial charge in [0.05, 0.1) is 19.8 Å². The second-order valence-electron chi connectivity index (χ2n) is 21.2. The Balaban J connectivity index is 4.69. The molecule has 0 heterocycles. The standard InChI is InChI=1S/C64H117O11P/c1-4-7-10-13-16-19-22-25-28-30-33-36-39-42-45-48-51-54-63(67)74-60(56-65)58-72-76(69,70)73-59-61(57-71-62(66)53-50-47-44-41-38-35-32-27-24-21-18-15-12-9-6-3)75-64(68)55-52-49-46-43-40-37-34-31-29-26-23-20-17-14-11-8-5-2/h8,11,17,20,26,29,34,37,60-61,65H,4-7,9-10,12-16,18-19,21-25,27-28,30-33,35-36,38-59H2,1-3H3,(H,69,70)/b11-8-,20-17-,29-26-,37-34-. The molecule has 0 spiro atoms. The fraction of sp³-hybridized carbons (Fsp3) is 0.828. The van der Waals surface area contributed by atoms with Crippen molar-refractivity contribution in [2.24, 2.45) is 0 Å². The predicted octanol–water partition coefficient (Wildman–Crippen LogP) is 18.9. The lowest BCUT2D eigenvalue weighted by Gasteiger charge is -2.21. The molecule has 444 valence electrons. The second kappa shape index (κ2) is 58.6. The van der Waals surface area contributed by atoms with Crippen molar-refractivity contribution in [2.75, 3.05) is 26.4 Å². The van der Waals surface area contributed by atoms with Crippen LogP contribution in [0.5, 0.6) is 0 Å². The molecule has 0 radical (unpaired) electrons. The Morgan fingerprint density at radius 2 is 0.684 bits per heavy atom. The van der Waals surface area contributed by atoms with Crippen LogP contribution in [0, 0.1) is 0 Å². The minimum Gasteiger partial charge on any atom is -0.462 e. The molecule has 0 aliphatic heterocycles. The molecule has 0 saturated heterocycles. The van der Waals surface area contributed by atoms with Gasteiger partial charge in [0.15, 0.2) is 6.10 Å². The summed E-state index contributed by atoms with van der Waals surface area (Å²) in [5.41, 5.74) is 0. The van der Waals surface area contributed by atoms with E-state index in [0.29, 0.717) is 19.3 Å². The first-order valence-electron chi connectivity index (χ1n) is 31.5. The third kappa shape index (κ3) is 56.2. The number of allylic oxidation sites excluding steroid dienone is 8. The van der Waals surface area contributed by atoms with E-state index < -0.39 is 57.8 Å². The average Bonchev–Trinajstić information content (AvgIpc) is 3.41. The number of esters is 3. The third-order valence-corrected chi connectivity index (χ3v) is 14.7. The van der Waals surface area contributed by atoms with Crippen LogP contribution in [0.25, 0.3) is 0 Å². The van der Waals surface area contributed by atoms with E-state index in [1.165, 1.54) is 154 Å². The van der Waals surface area contributed by atoms with Crippen LogP contribution in [-0.4, -0.2) is 66.5 Å². The summed E-state index contributed by atoms with van der Waals surface area (Å²) in [7, 11) is -4.75. The summed E-state index contributed by atoms with van der Waals surface area (Å²) in [5.74, 6) is -1.47. The normalized spacial score (nSPS) is 13.6. The maximum atomic E-state index is 12.9. The fourth-order valence-electron chi connectivity index (χ4n) is 9.00. The van der Waals surface area contributed by atoms with Gasteiger partial charge in [0, 0.05) is 19.3 Å². The maximum Gasteiger partial charge on any atom is 0.472 e. The summed E-state index contributed by atoms with van der Waals surface area (Å²) < 4.78 is 39.6. The van der Waals surface area contributed by atoms with Crippen molar-refractivity contribution >= 4 is 25.7 Å². The monoisotopic (exact) mass is 1090 g/mol. The van der Waals surface area contributed by atoms with Gasteiger partial charge in [-0.1, -0.05) is 275 Å². The van der Waals surface area contributed by atoms with E-state index in [1.807, 2.05) is 0 Å². The molecule has 0 bridgehead atoms. The van der Waals surface area contributed by atoms with Gasteiger partial charge in [-0.25, -0.2) is 4.57 Å². The van der Waals surface area contributed by atoms with Crippen molar-refractivity contribution in [3.63, 3.8) is 0 Å². The molecule has 0 aromatic carbocycles. The van der Waals surface area contributed by atoms with Crippen LogP contribution in [0.2, 0.25) is 0 Å². The van der Waals surface area contributed by atoms with E-state index >= 15 is 0 Å². The van der Waals surface area contributed by atoms with E-state index in [4.69, 9.17) is 23.3 Å². The number of phosphoric ester groups is 1. The van der Waals surface area contributed by atoms with Crippen molar-refractivity contribution in [1.29, 1.82) is 0 Å². The molecule has 12 heteroatoms. The molecule has 0 saturated carbocycles. The summed E-state index contributed by atoms with van der Waals surface area (Å²) in [5, 5.41) is 9.85. The van der Waals surface area contributed by atoms with Crippen LogP contribution in [0.1, 0.15) is 303 Å². The van der Waals surface area contributed by atoms with Crippen molar-refractivity contribution in [2.45, 2.75) is 315 Å². The molecule has 2 N–H and O–H groups in total. The Hall–Kier alpha value is -2.56. The number of hydrogen-bond donors (Lipinski definition) is 2. The minimum atomic E-state index is -4.75. The van der Waals surface area contributed by atoms with Crippen molar-refractivity contribution in [1.82, 2.24) is 0 Å². The van der Waals surface area contributed by atoms with Crippen LogP contribution < -0.4 is 0 Å². The number of aliphatic hydroxyl groups is 1. The van der Waals surface area contributed by atoms with Crippen LogP contribution in [0.4, 0.5) is 0 Å². The van der Waals surface area contributed by atoms with E-state index in [-0.39, 0.29) is 25.9 Å². The summed E-state index contributed by atoms with van der Waals surface area (Å²) >= 11 is 0. The molecule has 0 aromatic heterocycles. The van der Waals surface area contributed by atoms with Gasteiger partial charge in [-0.3, -0.25) is 23.4 Å². The van der Waals surface area contributed by atoms with Gasteiger partial charge in [-0.15, -0.1) is 0 Å². The van der Waals surface area contributed by atoms with Crippen LogP contribution in [0.15, 0.2) is 48.6 Å². The summed E-state index contributed by atoms with van der Waals surface area (Å²) in [4.78, 5) is 48.7. The zero-order valence-corrected chi connectivity index (χ0v) is 50.1. The Bertz CT molecular complexity index is 1460. The number of carbonyl (C=O) groups is 3. The summed E-state index contributed by atoms with van der Waals surface area (Å²) in [6.07, 6.45) is 63.5. The molecule has 3 unspecified atom stereocenters. The highest BCUT2D eigenvalue weighted by Crippen LogP contribution is 2.43. The number of hydrogen-bond acceptors (Lipinski definition) is 10. The average molecular weight is 1090 g/mol. The van der Waals surface area contributed by atoms with Crippen LogP contribution >= 0.6 is 7.82 Å². The van der Waals surface area contributed by atoms with E-state index in [1.54, 1.807) is 0 Å². The zero-order chi connectivity index (χ0) is 55.5. The van der Waals surface area contributed by atoms with Gasteiger partial charge in [-0.2, -0.15) is 0 Å². The van der Waals surface area contributed by atoms with Crippen LogP contribution in [-0.2, 0) is 42.2 Å². The van der Waals surface area contributed by atoms with Gasteiger partial charge in [-0.05, 0) is 57.8 Å². The Kier molecular flexibility index (Phi) is 56.6. The summed E-state index contributed by atoms with van der Waals surface area (Å²) in [6.45, 7) is 4.57. The van der Waals surface area contributed by atoms with Gasteiger partial charge in [0.1, 0.15) is 12.7 Å². The lowest BCUT2D eigenvalue weighted by atomic mass is 10.0. The zero-order valence-electron chi connectivity index (χ0n) is 49.2. The SMILES string of the molecule is CC/C=C\C/C=C\C/C=C\C/C=C\CCCCCCC(=O)OC(COC(=O)CCCCCCCCCCCCCCCCC)COP(=O)(O)OCC(CO)OC(=O)CCCCCCCCCCCCCCCCCCC. The van der Waals surface area contributed by atoms with Gasteiger partial charge < -0.3 is 24.2 Å².